The van der Waals surface area contributed by atoms with E-state index in [4.69, 9.17) is 5.73 Å². The third kappa shape index (κ3) is 3.90. The second kappa shape index (κ2) is 7.19. The molecule has 2 aromatic rings. The fraction of sp³-hybridized carbons (Fsp3) is 0.368. The monoisotopic (exact) mass is 379 g/mol. The smallest absolute Gasteiger partial charge is 0.345 e. The van der Waals surface area contributed by atoms with Gasteiger partial charge in [0.2, 0.25) is 11.8 Å². The van der Waals surface area contributed by atoms with Crippen LogP contribution in [0.5, 0.6) is 0 Å². The number of amides is 2. The predicted molar refractivity (Wildman–Crippen MR) is 96.3 cm³/mol. The number of halogens is 3. The van der Waals surface area contributed by atoms with E-state index in [2.05, 4.69) is 0 Å². The molecule has 0 aromatic heterocycles. The highest BCUT2D eigenvalue weighted by Gasteiger charge is 2.41. The molecule has 0 radical (unpaired) electrons. The van der Waals surface area contributed by atoms with Gasteiger partial charge < -0.3 is 11.1 Å². The van der Waals surface area contributed by atoms with Gasteiger partial charge in [-0.2, -0.15) is 13.2 Å². The summed E-state index contributed by atoms with van der Waals surface area (Å²) in [6, 6.07) is 9.24. The van der Waals surface area contributed by atoms with Gasteiger partial charge in [-0.3, -0.25) is 14.5 Å². The minimum Gasteiger partial charge on any atom is -0.345 e. The lowest BCUT2D eigenvalue weighted by Crippen LogP contribution is -2.53. The largest absolute Gasteiger partial charge is 0.405 e. The summed E-state index contributed by atoms with van der Waals surface area (Å²) in [5, 5.41) is 3.69. The van der Waals surface area contributed by atoms with Crippen LogP contribution in [0, 0.1) is 0 Å². The molecule has 3 N–H and O–H groups in total. The number of hydrogen-bond acceptors (Lipinski definition) is 3. The molecule has 1 heterocycles. The minimum absolute atomic E-state index is 0.145. The molecule has 8 heteroatoms. The van der Waals surface area contributed by atoms with Crippen molar-refractivity contribution in [3.63, 3.8) is 0 Å². The lowest BCUT2D eigenvalue weighted by molar-refractivity contribution is -0.139. The summed E-state index contributed by atoms with van der Waals surface area (Å²) >= 11 is 0. The Morgan fingerprint density at radius 1 is 1.26 bits per heavy atom. The minimum atomic E-state index is -4.52. The Labute approximate surface area is 154 Å². The van der Waals surface area contributed by atoms with Gasteiger partial charge >= 0.3 is 6.18 Å². The Balaban J connectivity index is 1.98. The normalized spacial score (nSPS) is 17.7. The van der Waals surface area contributed by atoms with Gasteiger partial charge in [0.05, 0.1) is 6.04 Å². The van der Waals surface area contributed by atoms with Gasteiger partial charge in [0.1, 0.15) is 12.6 Å². The van der Waals surface area contributed by atoms with Crippen molar-refractivity contribution in [2.24, 2.45) is 5.73 Å². The summed E-state index contributed by atoms with van der Waals surface area (Å²) in [4.78, 5) is 26.5. The number of nitrogens with zero attached hydrogens (tertiary/aromatic N) is 1. The lowest BCUT2D eigenvalue weighted by atomic mass is 10.0. The zero-order chi connectivity index (χ0) is 19.8. The number of carbonyl (C=O) groups excluding carboxylic acids is 2. The van der Waals surface area contributed by atoms with Gasteiger partial charge in [0, 0.05) is 12.1 Å². The number of hydrogen-bond donors (Lipinski definition) is 2. The molecule has 27 heavy (non-hydrogen) atoms. The van der Waals surface area contributed by atoms with E-state index in [1.54, 1.807) is 13.0 Å². The number of nitrogens with two attached hydrogens (primary N) is 1. The maximum atomic E-state index is 12.8. The van der Waals surface area contributed by atoms with Gasteiger partial charge in [-0.1, -0.05) is 31.2 Å². The molecule has 0 aliphatic carbocycles. The molecule has 5 nitrogen and oxygen atoms in total. The summed E-state index contributed by atoms with van der Waals surface area (Å²) in [5.41, 5.74) is 7.13. The molecule has 2 atom stereocenters. The van der Waals surface area contributed by atoms with Gasteiger partial charge in [0.25, 0.3) is 0 Å². The van der Waals surface area contributed by atoms with Crippen molar-refractivity contribution < 1.29 is 22.8 Å². The molecular weight excluding hydrogens is 359 g/mol. The molecule has 3 rings (SSSR count). The fourth-order valence-electron chi connectivity index (χ4n) is 3.27. The van der Waals surface area contributed by atoms with Gasteiger partial charge in [-0.25, -0.2) is 0 Å². The second-order valence-electron chi connectivity index (χ2n) is 6.60. The maximum absolute atomic E-state index is 12.8. The Morgan fingerprint density at radius 3 is 2.48 bits per heavy atom. The van der Waals surface area contributed by atoms with Crippen LogP contribution in [0.4, 0.5) is 18.9 Å². The molecule has 0 bridgehead atoms. The van der Waals surface area contributed by atoms with Crippen molar-refractivity contribution in [2.45, 2.75) is 38.0 Å². The molecule has 0 saturated heterocycles. The third-order valence-electron chi connectivity index (χ3n) is 4.69. The summed E-state index contributed by atoms with van der Waals surface area (Å²) in [6.07, 6.45) is -4.02. The van der Waals surface area contributed by atoms with E-state index in [0.29, 0.717) is 12.1 Å². The van der Waals surface area contributed by atoms with Crippen LogP contribution < -0.4 is 16.0 Å². The van der Waals surface area contributed by atoms with Crippen LogP contribution in [0.15, 0.2) is 36.4 Å². The fourth-order valence-corrected chi connectivity index (χ4v) is 3.27. The topological polar surface area (TPSA) is 75.4 Å². The van der Waals surface area contributed by atoms with Crippen LogP contribution >= 0.6 is 0 Å². The van der Waals surface area contributed by atoms with Crippen molar-refractivity contribution in [2.75, 3.05) is 11.4 Å². The predicted octanol–water partition coefficient (Wildman–Crippen LogP) is 2.51. The molecule has 1 aliphatic heterocycles. The number of carbonyl (C=O) groups is 2. The number of benzene rings is 2. The Morgan fingerprint density at radius 2 is 1.89 bits per heavy atom. The number of nitrogens with one attached hydrogen (secondary N) is 1. The molecule has 0 saturated carbocycles. The number of fused-ring (bicyclic) bond motifs is 2. The van der Waals surface area contributed by atoms with Gasteiger partial charge in [-0.05, 0) is 34.9 Å². The zero-order valence-electron chi connectivity index (χ0n) is 14.7. The molecule has 2 amide bonds. The van der Waals surface area contributed by atoms with Crippen molar-refractivity contribution in [1.29, 1.82) is 0 Å². The lowest BCUT2D eigenvalue weighted by Gasteiger charge is -2.27. The highest BCUT2D eigenvalue weighted by molar-refractivity contribution is 6.07. The number of anilines is 1. The van der Waals surface area contributed by atoms with Crippen LogP contribution in [0.1, 0.15) is 18.9 Å². The van der Waals surface area contributed by atoms with Gasteiger partial charge in [-0.15, -0.1) is 0 Å². The Hall–Kier alpha value is -2.61. The number of alkyl halides is 3. The van der Waals surface area contributed by atoms with E-state index in [0.717, 1.165) is 16.3 Å². The zero-order valence-corrected chi connectivity index (χ0v) is 14.7. The molecule has 2 unspecified atom stereocenters. The van der Waals surface area contributed by atoms with Gasteiger partial charge in [0.15, 0.2) is 0 Å². The first kappa shape index (κ1) is 19.2. The molecule has 0 fully saturated rings. The average molecular weight is 379 g/mol. The highest BCUT2D eigenvalue weighted by atomic mass is 19.4. The molecule has 144 valence electrons. The SMILES string of the molecule is CCC(N)C(=O)N1c2cc3ccccc3cc2CC1C(=O)NCC(F)(F)F. The molecule has 2 aromatic carbocycles. The van der Waals surface area contributed by atoms with E-state index < -0.39 is 36.6 Å². The van der Waals surface area contributed by atoms with Crippen molar-refractivity contribution in [1.82, 2.24) is 5.32 Å². The first-order valence-corrected chi connectivity index (χ1v) is 8.66. The van der Waals surface area contributed by atoms with E-state index in [1.807, 2.05) is 35.6 Å². The van der Waals surface area contributed by atoms with Crippen molar-refractivity contribution in [3.8, 4) is 0 Å². The van der Waals surface area contributed by atoms with Crippen LogP contribution in [-0.2, 0) is 16.0 Å². The third-order valence-corrected chi connectivity index (χ3v) is 4.69. The van der Waals surface area contributed by atoms with E-state index in [9.17, 15) is 22.8 Å². The number of rotatable bonds is 4. The highest BCUT2D eigenvalue weighted by Crippen LogP contribution is 2.36. The quantitative estimate of drug-likeness (QED) is 0.857. The first-order valence-electron chi connectivity index (χ1n) is 8.66. The first-order chi connectivity index (χ1) is 12.7. The van der Waals surface area contributed by atoms with Crippen LogP contribution in [-0.4, -0.2) is 36.6 Å². The summed E-state index contributed by atoms with van der Waals surface area (Å²) in [7, 11) is 0. The van der Waals surface area contributed by atoms with E-state index in [1.165, 1.54) is 4.90 Å². The van der Waals surface area contributed by atoms with Crippen molar-refractivity contribution >= 4 is 28.3 Å². The van der Waals surface area contributed by atoms with Crippen molar-refractivity contribution in [3.05, 3.63) is 42.0 Å². The summed E-state index contributed by atoms with van der Waals surface area (Å²) in [5.74, 6) is -1.32. The molecule has 1 aliphatic rings. The molecule has 0 spiro atoms. The maximum Gasteiger partial charge on any atom is 0.405 e. The Kier molecular flexibility index (Phi) is 5.10. The van der Waals surface area contributed by atoms with E-state index in [-0.39, 0.29) is 6.42 Å². The van der Waals surface area contributed by atoms with E-state index >= 15 is 0 Å². The van der Waals surface area contributed by atoms with Crippen LogP contribution in [0.2, 0.25) is 0 Å². The molecular formula is C19H20F3N3O2. The second-order valence-corrected chi connectivity index (χ2v) is 6.60. The summed E-state index contributed by atoms with van der Waals surface area (Å²) < 4.78 is 37.4. The average Bonchev–Trinajstić information content (AvgIpc) is 3.00. The van der Waals surface area contributed by atoms with Crippen LogP contribution in [0.3, 0.4) is 0 Å². The van der Waals surface area contributed by atoms with Crippen LogP contribution in [0.25, 0.3) is 10.8 Å². The Bertz CT molecular complexity index is 882. The summed E-state index contributed by atoms with van der Waals surface area (Å²) in [6.45, 7) is 0.293. The standard InChI is InChI=1S/C19H20F3N3O2/c1-2-14(23)18(27)25-15-8-12-6-4-3-5-11(12)7-13(15)9-16(25)17(26)24-10-19(20,21)22/h3-8,14,16H,2,9-10,23H2,1H3,(H,24,26).